The van der Waals surface area contributed by atoms with E-state index in [0.29, 0.717) is 0 Å². The van der Waals surface area contributed by atoms with Crippen LogP contribution >= 0.6 is 0 Å². The van der Waals surface area contributed by atoms with Crippen molar-refractivity contribution in [1.29, 1.82) is 0 Å². The molecule has 1 aliphatic heterocycles. The smallest absolute Gasteiger partial charge is 0.261 e. The van der Waals surface area contributed by atoms with Crippen molar-refractivity contribution in [3.05, 3.63) is 12.2 Å². The van der Waals surface area contributed by atoms with Gasteiger partial charge in [0.15, 0.2) is 0 Å². The van der Waals surface area contributed by atoms with Crippen LogP contribution in [0.5, 0.6) is 0 Å². The Hall–Kier alpha value is -1.16. The van der Waals surface area contributed by atoms with Crippen LogP contribution in [0.3, 0.4) is 0 Å². The Morgan fingerprint density at radius 3 is 2.85 bits per heavy atom. The zero-order valence-corrected chi connectivity index (χ0v) is 7.40. The molecule has 2 amide bonds. The lowest BCUT2D eigenvalue weighted by molar-refractivity contribution is -0.181. The first-order valence-corrected chi connectivity index (χ1v) is 4.34. The number of hydroxylamine groups is 2. The molecule has 70 valence electrons. The maximum atomic E-state index is 11.5. The number of allylic oxidation sites excluding steroid dienone is 1. The summed E-state index contributed by atoms with van der Waals surface area (Å²) in [5, 5.41) is 0.880. The summed E-state index contributed by atoms with van der Waals surface area (Å²) in [6.07, 6.45) is 5.39. The van der Waals surface area contributed by atoms with E-state index < -0.39 is 0 Å². The first-order valence-electron chi connectivity index (χ1n) is 4.34. The van der Waals surface area contributed by atoms with Crippen LogP contribution in [0.2, 0.25) is 0 Å². The van der Waals surface area contributed by atoms with E-state index in [1.54, 1.807) is 0 Å². The number of amides is 2. The molecule has 1 aliphatic carbocycles. The highest BCUT2D eigenvalue weighted by atomic mass is 16.7. The first-order chi connectivity index (χ1) is 6.25. The van der Waals surface area contributed by atoms with Gasteiger partial charge in [-0.1, -0.05) is 12.2 Å². The predicted octanol–water partition coefficient (Wildman–Crippen LogP) is 0.499. The lowest BCUT2D eigenvalue weighted by atomic mass is 9.86. The van der Waals surface area contributed by atoms with Crippen molar-refractivity contribution < 1.29 is 14.4 Å². The molecule has 2 unspecified atom stereocenters. The van der Waals surface area contributed by atoms with Crippen LogP contribution in [0.4, 0.5) is 0 Å². The van der Waals surface area contributed by atoms with Gasteiger partial charge in [0.2, 0.25) is 0 Å². The normalized spacial score (nSPS) is 32.5. The molecule has 4 nitrogen and oxygen atoms in total. The molecule has 2 aliphatic rings. The van der Waals surface area contributed by atoms with Crippen LogP contribution in [0.25, 0.3) is 0 Å². The minimum Gasteiger partial charge on any atom is -0.272 e. The first kappa shape index (κ1) is 8.44. The van der Waals surface area contributed by atoms with Crippen molar-refractivity contribution in [2.45, 2.75) is 12.8 Å². The highest BCUT2D eigenvalue weighted by Gasteiger charge is 2.47. The molecule has 0 spiro atoms. The fraction of sp³-hybridized carbons (Fsp3) is 0.556. The summed E-state index contributed by atoms with van der Waals surface area (Å²) in [6.45, 7) is 0. The Balaban J connectivity index is 2.30. The SMILES string of the molecule is CON1C(=O)C2C=CCCC2C1=O. The number of fused-ring (bicyclic) bond motifs is 1. The topological polar surface area (TPSA) is 46.6 Å². The van der Waals surface area contributed by atoms with Gasteiger partial charge in [0.1, 0.15) is 0 Å². The summed E-state index contributed by atoms with van der Waals surface area (Å²) in [5.41, 5.74) is 0. The Kier molecular flexibility index (Phi) is 1.92. The van der Waals surface area contributed by atoms with Gasteiger partial charge in [-0.2, -0.15) is 5.06 Å². The second-order valence-corrected chi connectivity index (χ2v) is 3.29. The number of hydrogen-bond donors (Lipinski definition) is 0. The second-order valence-electron chi connectivity index (χ2n) is 3.29. The van der Waals surface area contributed by atoms with Gasteiger partial charge < -0.3 is 0 Å². The summed E-state index contributed by atoms with van der Waals surface area (Å²) in [7, 11) is 1.34. The van der Waals surface area contributed by atoms with Crippen molar-refractivity contribution in [3.8, 4) is 0 Å². The molecule has 13 heavy (non-hydrogen) atoms. The summed E-state index contributed by atoms with van der Waals surface area (Å²) in [4.78, 5) is 27.8. The highest BCUT2D eigenvalue weighted by molar-refractivity contribution is 6.05. The number of rotatable bonds is 1. The molecule has 0 aromatic carbocycles. The van der Waals surface area contributed by atoms with Gasteiger partial charge >= 0.3 is 0 Å². The van der Waals surface area contributed by atoms with E-state index in [-0.39, 0.29) is 23.7 Å². The number of carbonyl (C=O) groups excluding carboxylic acids is 2. The lowest BCUT2D eigenvalue weighted by Crippen LogP contribution is -2.29. The second kappa shape index (κ2) is 2.96. The van der Waals surface area contributed by atoms with E-state index in [4.69, 9.17) is 4.84 Å². The molecule has 1 fully saturated rings. The zero-order valence-electron chi connectivity index (χ0n) is 7.40. The summed E-state index contributed by atoms with van der Waals surface area (Å²) in [5.74, 6) is -0.881. The maximum absolute atomic E-state index is 11.5. The molecule has 2 rings (SSSR count). The van der Waals surface area contributed by atoms with Gasteiger partial charge in [0, 0.05) is 0 Å². The third-order valence-electron chi connectivity index (χ3n) is 2.61. The minimum absolute atomic E-state index is 0.183. The van der Waals surface area contributed by atoms with Crippen LogP contribution in [0.15, 0.2) is 12.2 Å². The van der Waals surface area contributed by atoms with Gasteiger partial charge in [-0.15, -0.1) is 0 Å². The lowest BCUT2D eigenvalue weighted by Gasteiger charge is -2.13. The molecule has 0 radical (unpaired) electrons. The van der Waals surface area contributed by atoms with E-state index in [2.05, 4.69) is 0 Å². The van der Waals surface area contributed by atoms with Gasteiger partial charge in [-0.3, -0.25) is 14.4 Å². The molecular formula is C9H11NO3. The van der Waals surface area contributed by atoms with Crippen LogP contribution in [-0.4, -0.2) is 24.0 Å². The standard InChI is InChI=1S/C9H11NO3/c1-13-10-8(11)6-4-2-3-5-7(6)9(10)12/h2,4,6-7H,3,5H2,1H3. The molecule has 0 N–H and O–H groups in total. The quantitative estimate of drug-likeness (QED) is 0.437. The van der Waals surface area contributed by atoms with Crippen LogP contribution in [-0.2, 0) is 14.4 Å². The Bertz CT molecular complexity index is 285. The molecule has 0 aromatic rings. The van der Waals surface area contributed by atoms with E-state index in [1.807, 2.05) is 12.2 Å². The summed E-state index contributed by atoms with van der Waals surface area (Å²) in [6, 6.07) is 0. The highest BCUT2D eigenvalue weighted by Crippen LogP contribution is 2.33. The third kappa shape index (κ3) is 1.09. The average molecular weight is 181 g/mol. The summed E-state index contributed by atoms with van der Waals surface area (Å²) >= 11 is 0. The minimum atomic E-state index is -0.277. The molecule has 4 heteroatoms. The Morgan fingerprint density at radius 1 is 1.46 bits per heavy atom. The molecule has 1 heterocycles. The fourth-order valence-electron chi connectivity index (χ4n) is 1.94. The summed E-state index contributed by atoms with van der Waals surface area (Å²) < 4.78 is 0. The van der Waals surface area contributed by atoms with Crippen molar-refractivity contribution in [3.63, 3.8) is 0 Å². The number of hydrogen-bond acceptors (Lipinski definition) is 3. The third-order valence-corrected chi connectivity index (χ3v) is 2.61. The molecule has 0 aromatic heterocycles. The molecule has 2 atom stereocenters. The number of imide groups is 1. The van der Waals surface area contributed by atoms with Crippen molar-refractivity contribution in [2.24, 2.45) is 11.8 Å². The maximum Gasteiger partial charge on any atom is 0.261 e. The monoisotopic (exact) mass is 181 g/mol. The van der Waals surface area contributed by atoms with Gasteiger partial charge in [-0.25, -0.2) is 0 Å². The van der Waals surface area contributed by atoms with Gasteiger partial charge in [-0.05, 0) is 12.8 Å². The molecule has 1 saturated heterocycles. The number of carbonyl (C=O) groups is 2. The Labute approximate surface area is 76.1 Å². The Morgan fingerprint density at radius 2 is 2.23 bits per heavy atom. The van der Waals surface area contributed by atoms with Crippen molar-refractivity contribution >= 4 is 11.8 Å². The van der Waals surface area contributed by atoms with Crippen LogP contribution < -0.4 is 0 Å². The predicted molar refractivity (Wildman–Crippen MR) is 44.2 cm³/mol. The fourth-order valence-corrected chi connectivity index (χ4v) is 1.94. The van der Waals surface area contributed by atoms with Crippen molar-refractivity contribution in [1.82, 2.24) is 5.06 Å². The van der Waals surface area contributed by atoms with Gasteiger partial charge in [0.05, 0.1) is 18.9 Å². The zero-order chi connectivity index (χ0) is 9.42. The van der Waals surface area contributed by atoms with Gasteiger partial charge in [0.25, 0.3) is 11.8 Å². The molecular weight excluding hydrogens is 170 g/mol. The number of nitrogens with zero attached hydrogens (tertiary/aromatic N) is 1. The van der Waals surface area contributed by atoms with E-state index in [1.165, 1.54) is 7.11 Å². The van der Waals surface area contributed by atoms with E-state index in [0.717, 1.165) is 17.9 Å². The van der Waals surface area contributed by atoms with Crippen LogP contribution in [0.1, 0.15) is 12.8 Å². The molecule has 0 saturated carbocycles. The van der Waals surface area contributed by atoms with E-state index in [9.17, 15) is 9.59 Å². The largest absolute Gasteiger partial charge is 0.272 e. The van der Waals surface area contributed by atoms with Crippen molar-refractivity contribution in [2.75, 3.05) is 7.11 Å². The van der Waals surface area contributed by atoms with E-state index >= 15 is 0 Å². The van der Waals surface area contributed by atoms with Crippen LogP contribution in [0, 0.1) is 11.8 Å². The average Bonchev–Trinajstić information content (AvgIpc) is 2.41. The molecule has 0 bridgehead atoms.